The van der Waals surface area contributed by atoms with E-state index in [-0.39, 0.29) is 5.82 Å². The number of nitrogens with one attached hydrogen (secondary N) is 1. The molecule has 16 heavy (non-hydrogen) atoms. The molecule has 0 saturated carbocycles. The first-order chi connectivity index (χ1) is 7.75. The second-order valence-electron chi connectivity index (χ2n) is 3.42. The lowest BCUT2D eigenvalue weighted by Gasteiger charge is -1.86. The molecular formula is C10H7FN4O. The molecule has 1 N–H and O–H groups in total. The maximum atomic E-state index is 13.4. The van der Waals surface area contributed by atoms with Crippen molar-refractivity contribution in [2.45, 2.75) is 6.92 Å². The summed E-state index contributed by atoms with van der Waals surface area (Å²) >= 11 is 0. The lowest BCUT2D eigenvalue weighted by molar-refractivity contribution is 0.305. The minimum Gasteiger partial charge on any atom is -0.336 e. The molecule has 1 aromatic carbocycles. The summed E-state index contributed by atoms with van der Waals surface area (Å²) < 4.78 is 18.0. The number of aromatic amines is 1. The van der Waals surface area contributed by atoms with Gasteiger partial charge in [-0.2, -0.15) is 0 Å². The van der Waals surface area contributed by atoms with Crippen molar-refractivity contribution in [1.29, 1.82) is 0 Å². The van der Waals surface area contributed by atoms with Crippen LogP contribution in [0.2, 0.25) is 0 Å². The average molecular weight is 218 g/mol. The van der Waals surface area contributed by atoms with Crippen molar-refractivity contribution in [2.24, 2.45) is 0 Å². The van der Waals surface area contributed by atoms with Crippen LogP contribution < -0.4 is 0 Å². The quantitative estimate of drug-likeness (QED) is 0.678. The van der Waals surface area contributed by atoms with Gasteiger partial charge in [0.2, 0.25) is 0 Å². The van der Waals surface area contributed by atoms with Crippen molar-refractivity contribution in [2.75, 3.05) is 0 Å². The number of hydrogen-bond donors (Lipinski definition) is 1. The number of hydrogen-bond acceptors (Lipinski definition) is 4. The molecule has 6 heteroatoms. The van der Waals surface area contributed by atoms with Gasteiger partial charge < -0.3 is 4.98 Å². The van der Waals surface area contributed by atoms with Crippen molar-refractivity contribution < 1.29 is 9.02 Å². The molecular weight excluding hydrogens is 211 g/mol. The fourth-order valence-corrected chi connectivity index (χ4v) is 1.56. The number of H-pyrrole nitrogens is 1. The first kappa shape index (κ1) is 9.02. The minimum absolute atomic E-state index is 0.292. The molecule has 0 aliphatic rings. The van der Waals surface area contributed by atoms with Crippen LogP contribution in [0, 0.1) is 12.7 Å². The largest absolute Gasteiger partial charge is 0.336 e. The Hall–Kier alpha value is -2.24. The van der Waals surface area contributed by atoms with Gasteiger partial charge in [-0.25, -0.2) is 14.0 Å². The maximum Gasteiger partial charge on any atom is 0.173 e. The number of para-hydroxylation sites is 1. The monoisotopic (exact) mass is 218 g/mol. The van der Waals surface area contributed by atoms with Gasteiger partial charge in [0, 0.05) is 0 Å². The zero-order valence-electron chi connectivity index (χ0n) is 8.36. The van der Waals surface area contributed by atoms with Gasteiger partial charge in [0.1, 0.15) is 11.2 Å². The second-order valence-corrected chi connectivity index (χ2v) is 3.42. The Bertz CT molecular complexity index is 658. The van der Waals surface area contributed by atoms with Crippen LogP contribution in [0.1, 0.15) is 5.69 Å². The summed E-state index contributed by atoms with van der Waals surface area (Å²) in [6.45, 7) is 1.75. The topological polar surface area (TPSA) is 67.6 Å². The van der Waals surface area contributed by atoms with Gasteiger partial charge in [-0.05, 0) is 24.2 Å². The predicted molar refractivity (Wildman–Crippen MR) is 54.1 cm³/mol. The molecule has 0 radical (unpaired) electrons. The van der Waals surface area contributed by atoms with Crippen molar-refractivity contribution in [1.82, 2.24) is 20.3 Å². The zero-order chi connectivity index (χ0) is 11.1. The van der Waals surface area contributed by atoms with Crippen LogP contribution in [0.25, 0.3) is 22.6 Å². The Labute approximate surface area is 89.3 Å². The first-order valence-electron chi connectivity index (χ1n) is 4.69. The van der Waals surface area contributed by atoms with E-state index >= 15 is 0 Å². The molecule has 2 aromatic heterocycles. The molecule has 0 unspecified atom stereocenters. The fraction of sp³-hybridized carbons (Fsp3) is 0.100. The minimum atomic E-state index is -0.367. The number of imidazole rings is 1. The SMILES string of the molecule is Cc1nonc1-c1nc2c(F)cccc2[nH]1. The smallest absolute Gasteiger partial charge is 0.173 e. The molecule has 3 aromatic rings. The van der Waals surface area contributed by atoms with E-state index in [4.69, 9.17) is 0 Å². The van der Waals surface area contributed by atoms with Crippen LogP contribution >= 0.6 is 0 Å². The standard InChI is InChI=1S/C10H7FN4O/c1-5-8(15-16-14-5)10-12-7-4-2-3-6(11)9(7)13-10/h2-4H,1H3,(H,12,13). The molecule has 0 amide bonds. The van der Waals surface area contributed by atoms with Gasteiger partial charge >= 0.3 is 0 Å². The number of halogens is 1. The van der Waals surface area contributed by atoms with Crippen molar-refractivity contribution >= 4 is 11.0 Å². The lowest BCUT2D eigenvalue weighted by atomic mass is 10.3. The summed E-state index contributed by atoms with van der Waals surface area (Å²) in [4.78, 5) is 7.09. The molecule has 0 spiro atoms. The Morgan fingerprint density at radius 3 is 2.88 bits per heavy atom. The summed E-state index contributed by atoms with van der Waals surface area (Å²) in [5, 5.41) is 7.35. The molecule has 0 aliphatic carbocycles. The third-order valence-electron chi connectivity index (χ3n) is 2.34. The molecule has 80 valence electrons. The summed E-state index contributed by atoms with van der Waals surface area (Å²) in [7, 11) is 0. The number of benzene rings is 1. The van der Waals surface area contributed by atoms with Crippen molar-refractivity contribution in [3.63, 3.8) is 0 Å². The molecule has 2 heterocycles. The van der Waals surface area contributed by atoms with E-state index in [0.29, 0.717) is 28.2 Å². The normalized spacial score (nSPS) is 11.1. The first-order valence-corrected chi connectivity index (χ1v) is 4.69. The number of rotatable bonds is 1. The number of nitrogens with zero attached hydrogens (tertiary/aromatic N) is 3. The van der Waals surface area contributed by atoms with Gasteiger partial charge in [-0.1, -0.05) is 11.2 Å². The molecule has 0 aliphatic heterocycles. The summed E-state index contributed by atoms with van der Waals surface area (Å²) in [6, 6.07) is 4.73. The van der Waals surface area contributed by atoms with Crippen LogP contribution in [-0.4, -0.2) is 20.3 Å². The Morgan fingerprint density at radius 2 is 2.19 bits per heavy atom. The highest BCUT2D eigenvalue weighted by Gasteiger charge is 2.14. The van der Waals surface area contributed by atoms with Crippen LogP contribution in [0.4, 0.5) is 4.39 Å². The average Bonchev–Trinajstić information content (AvgIpc) is 2.84. The number of aryl methyl sites for hydroxylation is 1. The maximum absolute atomic E-state index is 13.4. The predicted octanol–water partition coefficient (Wildman–Crippen LogP) is 2.06. The van der Waals surface area contributed by atoms with E-state index in [0.717, 1.165) is 0 Å². The van der Waals surface area contributed by atoms with Crippen LogP contribution in [0.5, 0.6) is 0 Å². The highest BCUT2D eigenvalue weighted by atomic mass is 19.1. The highest BCUT2D eigenvalue weighted by Crippen LogP contribution is 2.22. The van der Waals surface area contributed by atoms with E-state index in [1.54, 1.807) is 19.1 Å². The van der Waals surface area contributed by atoms with Gasteiger partial charge in [-0.3, -0.25) is 0 Å². The third kappa shape index (κ3) is 1.19. The summed E-state index contributed by atoms with van der Waals surface area (Å²) in [5.74, 6) is 0.0907. The van der Waals surface area contributed by atoms with E-state index in [1.165, 1.54) is 6.07 Å². The van der Waals surface area contributed by atoms with Crippen molar-refractivity contribution in [3.05, 3.63) is 29.7 Å². The van der Waals surface area contributed by atoms with Gasteiger partial charge in [0.25, 0.3) is 0 Å². The van der Waals surface area contributed by atoms with Crippen LogP contribution in [-0.2, 0) is 0 Å². The Kier molecular flexibility index (Phi) is 1.76. The van der Waals surface area contributed by atoms with Crippen LogP contribution in [0.15, 0.2) is 22.8 Å². The van der Waals surface area contributed by atoms with E-state index < -0.39 is 0 Å². The van der Waals surface area contributed by atoms with Gasteiger partial charge in [0.15, 0.2) is 17.3 Å². The Morgan fingerprint density at radius 1 is 1.31 bits per heavy atom. The van der Waals surface area contributed by atoms with E-state index in [9.17, 15) is 4.39 Å². The van der Waals surface area contributed by atoms with Crippen molar-refractivity contribution in [3.8, 4) is 11.5 Å². The Balaban J connectivity index is 2.27. The van der Waals surface area contributed by atoms with Gasteiger partial charge in [-0.15, -0.1) is 0 Å². The summed E-state index contributed by atoms with van der Waals surface area (Å²) in [5.41, 5.74) is 2.02. The number of aromatic nitrogens is 4. The summed E-state index contributed by atoms with van der Waals surface area (Å²) in [6.07, 6.45) is 0. The lowest BCUT2D eigenvalue weighted by Crippen LogP contribution is -1.83. The number of fused-ring (bicyclic) bond motifs is 1. The van der Waals surface area contributed by atoms with E-state index in [1.807, 2.05) is 0 Å². The second kappa shape index (κ2) is 3.13. The molecule has 0 saturated heterocycles. The van der Waals surface area contributed by atoms with Gasteiger partial charge in [0.05, 0.1) is 5.52 Å². The van der Waals surface area contributed by atoms with E-state index in [2.05, 4.69) is 24.9 Å². The molecule has 0 atom stereocenters. The molecule has 0 bridgehead atoms. The van der Waals surface area contributed by atoms with Crippen LogP contribution in [0.3, 0.4) is 0 Å². The highest BCUT2D eigenvalue weighted by molar-refractivity contribution is 5.79. The zero-order valence-corrected chi connectivity index (χ0v) is 8.36. The molecule has 3 rings (SSSR count). The molecule has 5 nitrogen and oxygen atoms in total. The third-order valence-corrected chi connectivity index (χ3v) is 2.34. The molecule has 0 fully saturated rings. The fourth-order valence-electron chi connectivity index (χ4n) is 1.56.